The Bertz CT molecular complexity index is 511. The van der Waals surface area contributed by atoms with E-state index < -0.39 is 0 Å². The third-order valence-electron chi connectivity index (χ3n) is 2.85. The summed E-state index contributed by atoms with van der Waals surface area (Å²) in [5.41, 5.74) is 1.26. The Kier molecular flexibility index (Phi) is 5.89. The molecular weight excluding hydrogens is 318 g/mol. The van der Waals surface area contributed by atoms with Crippen molar-refractivity contribution >= 4 is 15.9 Å². The molecular formula is C16H18BrNO2. The number of methoxy groups -OCH3 is 1. The highest BCUT2D eigenvalue weighted by molar-refractivity contribution is 9.10. The lowest BCUT2D eigenvalue weighted by molar-refractivity contribution is 0.313. The van der Waals surface area contributed by atoms with Crippen LogP contribution >= 0.6 is 15.9 Å². The average molecular weight is 336 g/mol. The first-order valence-corrected chi connectivity index (χ1v) is 7.29. The number of rotatable bonds is 7. The highest BCUT2D eigenvalue weighted by Crippen LogP contribution is 2.16. The average Bonchev–Trinajstić information content (AvgIpc) is 2.49. The van der Waals surface area contributed by atoms with Gasteiger partial charge in [-0.25, -0.2) is 0 Å². The second kappa shape index (κ2) is 7.92. The number of ether oxygens (including phenoxy) is 2. The standard InChI is InChI=1S/C16H18BrNO2/c1-19-15-6-8-16(9-7-15)20-11-10-18-12-13-2-4-14(17)5-3-13/h2-9,18H,10-12H2,1H3. The molecule has 3 nitrogen and oxygen atoms in total. The molecule has 0 unspecified atom stereocenters. The normalized spacial score (nSPS) is 10.3. The predicted molar refractivity (Wildman–Crippen MR) is 84.3 cm³/mol. The Morgan fingerprint density at radius 3 is 2.25 bits per heavy atom. The van der Waals surface area contributed by atoms with Gasteiger partial charge >= 0.3 is 0 Å². The van der Waals surface area contributed by atoms with E-state index in [-0.39, 0.29) is 0 Å². The van der Waals surface area contributed by atoms with Gasteiger partial charge in [-0.2, -0.15) is 0 Å². The zero-order valence-electron chi connectivity index (χ0n) is 11.4. The summed E-state index contributed by atoms with van der Waals surface area (Å²) in [7, 11) is 1.65. The molecule has 0 aliphatic heterocycles. The summed E-state index contributed by atoms with van der Waals surface area (Å²) in [4.78, 5) is 0. The summed E-state index contributed by atoms with van der Waals surface area (Å²) in [6.07, 6.45) is 0. The lowest BCUT2D eigenvalue weighted by atomic mass is 10.2. The van der Waals surface area contributed by atoms with Crippen molar-refractivity contribution < 1.29 is 9.47 Å². The number of hydrogen-bond donors (Lipinski definition) is 1. The molecule has 2 aromatic rings. The van der Waals surface area contributed by atoms with Gasteiger partial charge in [0.1, 0.15) is 18.1 Å². The van der Waals surface area contributed by atoms with E-state index in [1.165, 1.54) is 5.56 Å². The Morgan fingerprint density at radius 1 is 0.950 bits per heavy atom. The summed E-state index contributed by atoms with van der Waals surface area (Å²) >= 11 is 3.43. The van der Waals surface area contributed by atoms with Crippen LogP contribution in [0.4, 0.5) is 0 Å². The van der Waals surface area contributed by atoms with Gasteiger partial charge in [0.2, 0.25) is 0 Å². The van der Waals surface area contributed by atoms with Crippen LogP contribution in [0.2, 0.25) is 0 Å². The predicted octanol–water partition coefficient (Wildman–Crippen LogP) is 3.63. The van der Waals surface area contributed by atoms with E-state index in [4.69, 9.17) is 9.47 Å². The van der Waals surface area contributed by atoms with Gasteiger partial charge in [0, 0.05) is 17.6 Å². The fourth-order valence-electron chi connectivity index (χ4n) is 1.75. The largest absolute Gasteiger partial charge is 0.497 e. The van der Waals surface area contributed by atoms with Gasteiger partial charge in [-0.3, -0.25) is 0 Å². The van der Waals surface area contributed by atoms with E-state index in [1.54, 1.807) is 7.11 Å². The third kappa shape index (κ3) is 4.87. The van der Waals surface area contributed by atoms with Gasteiger partial charge in [0.15, 0.2) is 0 Å². The molecule has 0 saturated heterocycles. The molecule has 0 spiro atoms. The maximum atomic E-state index is 5.64. The highest BCUT2D eigenvalue weighted by Gasteiger charge is 1.96. The molecule has 0 radical (unpaired) electrons. The van der Waals surface area contributed by atoms with Crippen molar-refractivity contribution in [2.24, 2.45) is 0 Å². The molecule has 0 bridgehead atoms. The first-order valence-electron chi connectivity index (χ1n) is 6.50. The Balaban J connectivity index is 1.64. The minimum Gasteiger partial charge on any atom is -0.497 e. The van der Waals surface area contributed by atoms with E-state index in [2.05, 4.69) is 33.4 Å². The quantitative estimate of drug-likeness (QED) is 0.784. The molecule has 2 aromatic carbocycles. The van der Waals surface area contributed by atoms with Gasteiger partial charge in [-0.05, 0) is 42.0 Å². The molecule has 0 fully saturated rings. The first-order chi connectivity index (χ1) is 9.78. The fraction of sp³-hybridized carbons (Fsp3) is 0.250. The number of hydrogen-bond acceptors (Lipinski definition) is 3. The highest BCUT2D eigenvalue weighted by atomic mass is 79.9. The Labute approximate surface area is 128 Å². The van der Waals surface area contributed by atoms with Crippen LogP contribution in [0.25, 0.3) is 0 Å². The zero-order valence-corrected chi connectivity index (χ0v) is 13.0. The van der Waals surface area contributed by atoms with Gasteiger partial charge in [0.05, 0.1) is 7.11 Å². The summed E-state index contributed by atoms with van der Waals surface area (Å²) in [5.74, 6) is 1.70. The van der Waals surface area contributed by atoms with Crippen LogP contribution in [0.3, 0.4) is 0 Å². The SMILES string of the molecule is COc1ccc(OCCNCc2ccc(Br)cc2)cc1. The summed E-state index contributed by atoms with van der Waals surface area (Å²) < 4.78 is 11.8. The molecule has 4 heteroatoms. The van der Waals surface area contributed by atoms with Crippen molar-refractivity contribution in [3.05, 3.63) is 58.6 Å². The molecule has 0 aliphatic carbocycles. The van der Waals surface area contributed by atoms with Crippen molar-refractivity contribution in [2.45, 2.75) is 6.54 Å². The monoisotopic (exact) mass is 335 g/mol. The lowest BCUT2D eigenvalue weighted by Gasteiger charge is -2.08. The summed E-state index contributed by atoms with van der Waals surface area (Å²) in [6.45, 7) is 2.30. The minimum atomic E-state index is 0.642. The van der Waals surface area contributed by atoms with Crippen LogP contribution in [0, 0.1) is 0 Å². The number of halogens is 1. The number of benzene rings is 2. The van der Waals surface area contributed by atoms with Crippen molar-refractivity contribution in [3.63, 3.8) is 0 Å². The number of nitrogens with one attached hydrogen (secondary N) is 1. The van der Waals surface area contributed by atoms with Crippen molar-refractivity contribution in [2.75, 3.05) is 20.3 Å². The second-order valence-corrected chi connectivity index (χ2v) is 5.24. The lowest BCUT2D eigenvalue weighted by Crippen LogP contribution is -2.20. The smallest absolute Gasteiger partial charge is 0.119 e. The molecule has 0 heterocycles. The molecule has 0 aliphatic rings. The van der Waals surface area contributed by atoms with Gasteiger partial charge in [0.25, 0.3) is 0 Å². The van der Waals surface area contributed by atoms with Gasteiger partial charge in [-0.1, -0.05) is 28.1 Å². The van der Waals surface area contributed by atoms with Crippen molar-refractivity contribution in [1.29, 1.82) is 0 Å². The Morgan fingerprint density at radius 2 is 1.60 bits per heavy atom. The molecule has 1 N–H and O–H groups in total. The van der Waals surface area contributed by atoms with E-state index in [0.717, 1.165) is 29.1 Å². The van der Waals surface area contributed by atoms with Crippen LogP contribution in [0.5, 0.6) is 11.5 Å². The summed E-state index contributed by atoms with van der Waals surface area (Å²) in [6, 6.07) is 15.9. The van der Waals surface area contributed by atoms with E-state index in [9.17, 15) is 0 Å². The van der Waals surface area contributed by atoms with Crippen LogP contribution in [0.15, 0.2) is 53.0 Å². The molecule has 2 rings (SSSR count). The molecule has 0 amide bonds. The van der Waals surface area contributed by atoms with E-state index >= 15 is 0 Å². The molecule has 0 aromatic heterocycles. The fourth-order valence-corrected chi connectivity index (χ4v) is 2.01. The molecule has 106 valence electrons. The van der Waals surface area contributed by atoms with Crippen molar-refractivity contribution in [1.82, 2.24) is 5.32 Å². The van der Waals surface area contributed by atoms with Gasteiger partial charge < -0.3 is 14.8 Å². The maximum Gasteiger partial charge on any atom is 0.119 e. The summed E-state index contributed by atoms with van der Waals surface area (Å²) in [5, 5.41) is 3.35. The zero-order chi connectivity index (χ0) is 14.2. The Hall–Kier alpha value is -1.52. The van der Waals surface area contributed by atoms with E-state index in [0.29, 0.717) is 6.61 Å². The van der Waals surface area contributed by atoms with Crippen molar-refractivity contribution in [3.8, 4) is 11.5 Å². The topological polar surface area (TPSA) is 30.5 Å². The molecule has 0 atom stereocenters. The minimum absolute atomic E-state index is 0.642. The second-order valence-electron chi connectivity index (χ2n) is 4.33. The van der Waals surface area contributed by atoms with Crippen LogP contribution in [-0.2, 0) is 6.54 Å². The van der Waals surface area contributed by atoms with Crippen LogP contribution < -0.4 is 14.8 Å². The van der Waals surface area contributed by atoms with Crippen LogP contribution in [0.1, 0.15) is 5.56 Å². The van der Waals surface area contributed by atoms with E-state index in [1.807, 2.05) is 36.4 Å². The molecule has 20 heavy (non-hydrogen) atoms. The first kappa shape index (κ1) is 14.9. The van der Waals surface area contributed by atoms with Gasteiger partial charge in [-0.15, -0.1) is 0 Å². The maximum absolute atomic E-state index is 5.64. The van der Waals surface area contributed by atoms with Crippen LogP contribution in [-0.4, -0.2) is 20.3 Å². The third-order valence-corrected chi connectivity index (χ3v) is 3.38. The molecule has 0 saturated carbocycles.